The van der Waals surface area contributed by atoms with Crippen LogP contribution in [0.15, 0.2) is 43.0 Å². The van der Waals surface area contributed by atoms with Crippen LogP contribution in [0.1, 0.15) is 18.2 Å². The van der Waals surface area contributed by atoms with E-state index in [1.54, 1.807) is 24.3 Å². The zero-order chi connectivity index (χ0) is 27.4. The molecule has 0 bridgehead atoms. The van der Waals surface area contributed by atoms with Gasteiger partial charge in [-0.3, -0.25) is 24.4 Å². The summed E-state index contributed by atoms with van der Waals surface area (Å²) in [6, 6.07) is 4.93. The number of aromatic nitrogens is 4. The molecule has 4 rings (SSSR count). The molecule has 15 heteroatoms. The number of hydrogen-bond acceptors (Lipinski definition) is 12. The maximum absolute atomic E-state index is 11.2. The van der Waals surface area contributed by atoms with E-state index in [-0.39, 0.29) is 31.0 Å². The van der Waals surface area contributed by atoms with Gasteiger partial charge in [-0.15, -0.1) is 0 Å². The fourth-order valence-electron chi connectivity index (χ4n) is 4.17. The number of nitro benzene ring substituents is 1. The van der Waals surface area contributed by atoms with Crippen molar-refractivity contribution >= 4 is 34.7 Å². The van der Waals surface area contributed by atoms with Gasteiger partial charge in [0.05, 0.1) is 11.3 Å². The predicted octanol–water partition coefficient (Wildman–Crippen LogP) is -0.247. The lowest BCUT2D eigenvalue weighted by molar-refractivity contribution is -0.384. The Hall–Kier alpha value is -4.02. The van der Waals surface area contributed by atoms with E-state index in [4.69, 9.17) is 21.3 Å². The molecule has 1 fully saturated rings. The number of nitrogens with zero attached hydrogens (tertiary/aromatic N) is 6. The van der Waals surface area contributed by atoms with Gasteiger partial charge in [0.15, 0.2) is 17.7 Å². The van der Waals surface area contributed by atoms with Gasteiger partial charge in [-0.2, -0.15) is 0 Å². The Morgan fingerprint density at radius 2 is 1.97 bits per heavy atom. The van der Waals surface area contributed by atoms with Crippen molar-refractivity contribution in [3.8, 4) is 0 Å². The van der Waals surface area contributed by atoms with Gasteiger partial charge in [0.2, 0.25) is 0 Å². The molecule has 38 heavy (non-hydrogen) atoms. The Labute approximate surface area is 216 Å². The molecule has 0 saturated carbocycles. The third-order valence-electron chi connectivity index (χ3n) is 6.29. The topological polar surface area (TPSA) is 229 Å². The van der Waals surface area contributed by atoms with Gasteiger partial charge in [0.1, 0.15) is 36.2 Å². The zero-order valence-corrected chi connectivity index (χ0v) is 20.1. The molecule has 7 N–H and O–H groups in total. The van der Waals surface area contributed by atoms with Crippen LogP contribution in [0, 0.1) is 10.1 Å². The van der Waals surface area contributed by atoms with Gasteiger partial charge in [-0.05, 0) is 24.1 Å². The number of nitro groups is 1. The first-order valence-corrected chi connectivity index (χ1v) is 11.7. The van der Waals surface area contributed by atoms with Crippen molar-refractivity contribution in [2.75, 3.05) is 25.4 Å². The number of rotatable bonds is 11. The van der Waals surface area contributed by atoms with Crippen LogP contribution >= 0.6 is 0 Å². The minimum absolute atomic E-state index is 0.0215. The summed E-state index contributed by atoms with van der Waals surface area (Å²) >= 11 is 0. The second-order valence-corrected chi connectivity index (χ2v) is 8.87. The molecule has 0 amide bonds. The molecule has 1 aliphatic heterocycles. The lowest BCUT2D eigenvalue weighted by Crippen LogP contribution is -2.42. The van der Waals surface area contributed by atoms with Gasteiger partial charge in [0.25, 0.3) is 5.69 Å². The molecule has 3 aromatic rings. The number of carboxylic acid groups (broad SMARTS) is 1. The van der Waals surface area contributed by atoms with Gasteiger partial charge < -0.3 is 31.5 Å². The molecule has 0 radical (unpaired) electrons. The van der Waals surface area contributed by atoms with Crippen molar-refractivity contribution in [3.05, 3.63) is 58.7 Å². The van der Waals surface area contributed by atoms with Crippen molar-refractivity contribution in [1.82, 2.24) is 24.4 Å². The number of benzene rings is 1. The van der Waals surface area contributed by atoms with E-state index in [0.29, 0.717) is 17.7 Å². The quantitative estimate of drug-likeness (QED) is 0.160. The van der Waals surface area contributed by atoms with Crippen molar-refractivity contribution in [2.45, 2.75) is 37.0 Å². The molecular weight excluding hydrogens is 500 g/mol. The summed E-state index contributed by atoms with van der Waals surface area (Å²) in [6.45, 7) is 0.743. The molecule has 0 aliphatic carbocycles. The third-order valence-corrected chi connectivity index (χ3v) is 6.29. The molecule has 0 unspecified atom stereocenters. The molecule has 2 aromatic heterocycles. The van der Waals surface area contributed by atoms with E-state index in [9.17, 15) is 25.1 Å². The smallest absolute Gasteiger partial charge is 0.320 e. The highest BCUT2D eigenvalue weighted by Gasteiger charge is 2.44. The third kappa shape index (κ3) is 5.92. The normalized spacial score (nSPS) is 22.4. The number of anilines is 1. The van der Waals surface area contributed by atoms with E-state index in [1.165, 1.54) is 29.4 Å². The van der Waals surface area contributed by atoms with Gasteiger partial charge in [-0.1, -0.05) is 12.2 Å². The van der Waals surface area contributed by atoms with Gasteiger partial charge >= 0.3 is 5.97 Å². The monoisotopic (exact) mass is 528 g/mol. The maximum atomic E-state index is 11.2. The Morgan fingerprint density at radius 1 is 1.24 bits per heavy atom. The zero-order valence-electron chi connectivity index (χ0n) is 20.1. The molecule has 1 aliphatic rings. The summed E-state index contributed by atoms with van der Waals surface area (Å²) in [5.74, 6) is -0.966. The van der Waals surface area contributed by atoms with Crippen LogP contribution in [-0.4, -0.2) is 94.6 Å². The van der Waals surface area contributed by atoms with Crippen LogP contribution in [-0.2, 0) is 9.53 Å². The van der Waals surface area contributed by atoms with E-state index in [2.05, 4.69) is 15.0 Å². The highest BCUT2D eigenvalue weighted by atomic mass is 16.6. The molecule has 3 heterocycles. The Balaban J connectivity index is 1.47. The first kappa shape index (κ1) is 27.0. The molecule has 1 saturated heterocycles. The van der Waals surface area contributed by atoms with Crippen LogP contribution < -0.4 is 11.5 Å². The number of imidazole rings is 1. The molecule has 5 atom stereocenters. The van der Waals surface area contributed by atoms with Crippen molar-refractivity contribution in [3.63, 3.8) is 0 Å². The molecular formula is C23H28N8O7. The van der Waals surface area contributed by atoms with E-state index in [1.807, 2.05) is 4.90 Å². The fourth-order valence-corrected chi connectivity index (χ4v) is 4.17. The summed E-state index contributed by atoms with van der Waals surface area (Å²) in [5, 5.41) is 41.5. The standard InChI is InChI=1S/C23H28N8O7/c24-15(23(34)35)7-9-29(8-1-2-13-3-5-14(6-4-13)31(36)37)10-16-18(32)19(33)22(38-16)30-12-28-17-20(25)26-11-27-21(17)30/h1-6,11-12,15-16,18-19,22,32-33H,7-10,24H2,(H,34,35)(H2,25,26,27)/t15-,16+,18+,19+,22+/m0/s1. The number of aliphatic hydroxyl groups excluding tert-OH is 2. The first-order chi connectivity index (χ1) is 18.2. The minimum atomic E-state index is -1.30. The maximum Gasteiger partial charge on any atom is 0.320 e. The number of nitrogens with two attached hydrogens (primary N) is 2. The number of nitrogen functional groups attached to an aromatic ring is 1. The summed E-state index contributed by atoms with van der Waals surface area (Å²) in [7, 11) is 0. The number of hydrogen-bond donors (Lipinski definition) is 5. The van der Waals surface area contributed by atoms with E-state index in [0.717, 1.165) is 5.56 Å². The number of ether oxygens (including phenoxy) is 1. The van der Waals surface area contributed by atoms with Crippen molar-refractivity contribution in [2.24, 2.45) is 5.73 Å². The van der Waals surface area contributed by atoms with E-state index < -0.39 is 41.5 Å². The predicted molar refractivity (Wildman–Crippen MR) is 134 cm³/mol. The largest absolute Gasteiger partial charge is 0.480 e. The van der Waals surface area contributed by atoms with E-state index >= 15 is 0 Å². The van der Waals surface area contributed by atoms with Crippen LogP contribution in [0.25, 0.3) is 17.2 Å². The lowest BCUT2D eigenvalue weighted by atomic mass is 10.1. The number of fused-ring (bicyclic) bond motifs is 1. The number of aliphatic carboxylic acids is 1. The lowest BCUT2D eigenvalue weighted by Gasteiger charge is -2.26. The summed E-state index contributed by atoms with van der Waals surface area (Å²) in [5.41, 5.74) is 12.9. The highest BCUT2D eigenvalue weighted by molar-refractivity contribution is 5.81. The van der Waals surface area contributed by atoms with Crippen LogP contribution in [0.2, 0.25) is 0 Å². The summed E-state index contributed by atoms with van der Waals surface area (Å²) < 4.78 is 7.48. The van der Waals surface area contributed by atoms with Gasteiger partial charge in [0, 0.05) is 31.8 Å². The number of non-ortho nitro benzene ring substituents is 1. The van der Waals surface area contributed by atoms with Gasteiger partial charge in [-0.25, -0.2) is 15.0 Å². The number of aliphatic hydroxyl groups is 2. The molecule has 15 nitrogen and oxygen atoms in total. The number of carbonyl (C=O) groups is 1. The van der Waals surface area contributed by atoms with Crippen molar-refractivity contribution < 1.29 is 29.8 Å². The second-order valence-electron chi connectivity index (χ2n) is 8.87. The molecule has 0 spiro atoms. The number of carboxylic acids is 1. The average Bonchev–Trinajstić information content (AvgIpc) is 3.44. The van der Waals surface area contributed by atoms with Crippen LogP contribution in [0.3, 0.4) is 0 Å². The fraction of sp³-hybridized carbons (Fsp3) is 0.391. The molecule has 1 aromatic carbocycles. The summed E-state index contributed by atoms with van der Waals surface area (Å²) in [4.78, 5) is 35.6. The van der Waals surface area contributed by atoms with Crippen LogP contribution in [0.4, 0.5) is 11.5 Å². The van der Waals surface area contributed by atoms with Crippen molar-refractivity contribution in [1.29, 1.82) is 0 Å². The second kappa shape index (κ2) is 11.6. The minimum Gasteiger partial charge on any atom is -0.480 e. The molecule has 202 valence electrons. The SMILES string of the molecule is Nc1ncnc2c1ncn2[C@@H]1O[C@H](CN(CC=Cc2ccc([N+](=O)[O-])cc2)CC[C@H](N)C(=O)O)[C@@H](O)[C@H]1O. The highest BCUT2D eigenvalue weighted by Crippen LogP contribution is 2.32. The van der Waals surface area contributed by atoms with Crippen LogP contribution in [0.5, 0.6) is 0 Å². The summed E-state index contributed by atoms with van der Waals surface area (Å²) in [6.07, 6.45) is 1.97. The first-order valence-electron chi connectivity index (χ1n) is 11.7. The Kier molecular flexibility index (Phi) is 8.23. The average molecular weight is 529 g/mol. The Bertz CT molecular complexity index is 1310. The Morgan fingerprint density at radius 3 is 2.66 bits per heavy atom.